The number of amides is 2. The third-order valence-corrected chi connectivity index (χ3v) is 5.19. The third-order valence-electron chi connectivity index (χ3n) is 5.19. The summed E-state index contributed by atoms with van der Waals surface area (Å²) in [5.41, 5.74) is 2.59. The molecule has 1 aliphatic rings. The highest BCUT2D eigenvalue weighted by atomic mass is 16.2. The molecule has 0 spiro atoms. The normalized spacial score (nSPS) is 16.4. The lowest BCUT2D eigenvalue weighted by atomic mass is 9.96. The number of nitrogens with zero attached hydrogens (tertiary/aromatic N) is 4. The Kier molecular flexibility index (Phi) is 5.65. The first-order valence-electron chi connectivity index (χ1n) is 9.77. The topological polar surface area (TPSA) is 80.1 Å². The van der Waals surface area contributed by atoms with E-state index in [4.69, 9.17) is 0 Å². The maximum absolute atomic E-state index is 12.7. The van der Waals surface area contributed by atoms with Crippen molar-refractivity contribution in [3.63, 3.8) is 0 Å². The highest BCUT2D eigenvalue weighted by Crippen LogP contribution is 2.19. The van der Waals surface area contributed by atoms with Gasteiger partial charge in [0.2, 0.25) is 5.91 Å². The summed E-state index contributed by atoms with van der Waals surface area (Å²) in [6.45, 7) is 1.62. The van der Waals surface area contributed by atoms with E-state index in [0.29, 0.717) is 25.2 Å². The molecule has 4 rings (SSSR count). The van der Waals surface area contributed by atoms with E-state index in [2.05, 4.69) is 15.4 Å². The number of benzene rings is 2. The Morgan fingerprint density at radius 1 is 1.07 bits per heavy atom. The Morgan fingerprint density at radius 3 is 2.59 bits per heavy atom. The number of rotatable bonds is 5. The largest absolute Gasteiger partial charge is 0.352 e. The highest BCUT2D eigenvalue weighted by Gasteiger charge is 2.28. The fraction of sp³-hybridized carbons (Fsp3) is 0.273. The number of aromatic nitrogens is 3. The van der Waals surface area contributed by atoms with Gasteiger partial charge in [-0.15, -0.1) is 0 Å². The lowest BCUT2D eigenvalue weighted by Crippen LogP contribution is -2.45. The molecule has 1 fully saturated rings. The number of carbonyl (C=O) groups is 2. The van der Waals surface area contributed by atoms with Gasteiger partial charge >= 0.3 is 0 Å². The summed E-state index contributed by atoms with van der Waals surface area (Å²) >= 11 is 0. The monoisotopic (exact) mass is 389 g/mol. The molecule has 7 heteroatoms. The molecule has 1 unspecified atom stereocenters. The van der Waals surface area contributed by atoms with Crippen molar-refractivity contribution in [1.82, 2.24) is 25.0 Å². The van der Waals surface area contributed by atoms with E-state index in [-0.39, 0.29) is 17.7 Å². The molecule has 148 valence electrons. The van der Waals surface area contributed by atoms with Crippen molar-refractivity contribution in [1.29, 1.82) is 0 Å². The number of likely N-dealkylation sites (tertiary alicyclic amines) is 1. The fourth-order valence-corrected chi connectivity index (χ4v) is 3.58. The Hall–Kier alpha value is -3.48. The summed E-state index contributed by atoms with van der Waals surface area (Å²) in [7, 11) is 0. The Bertz CT molecular complexity index is 955. The van der Waals surface area contributed by atoms with E-state index < -0.39 is 0 Å². The van der Waals surface area contributed by atoms with Crippen LogP contribution in [0, 0.1) is 5.92 Å². The molecule has 1 aliphatic heterocycles. The van der Waals surface area contributed by atoms with Crippen LogP contribution in [-0.4, -0.2) is 44.6 Å². The van der Waals surface area contributed by atoms with E-state index in [9.17, 15) is 9.59 Å². The van der Waals surface area contributed by atoms with Crippen LogP contribution in [0.15, 0.2) is 67.3 Å². The minimum absolute atomic E-state index is 0.00378. The molecule has 1 N–H and O–H groups in total. The van der Waals surface area contributed by atoms with Crippen molar-refractivity contribution in [3.8, 4) is 5.69 Å². The maximum atomic E-state index is 12.7. The highest BCUT2D eigenvalue weighted by molar-refractivity contribution is 5.94. The molecule has 2 heterocycles. The van der Waals surface area contributed by atoms with E-state index >= 15 is 0 Å². The lowest BCUT2D eigenvalue weighted by Gasteiger charge is -2.32. The summed E-state index contributed by atoms with van der Waals surface area (Å²) in [5.74, 6) is -0.187. The smallest absolute Gasteiger partial charge is 0.253 e. The van der Waals surface area contributed by atoms with Crippen molar-refractivity contribution in [2.24, 2.45) is 5.92 Å². The second kappa shape index (κ2) is 8.68. The van der Waals surface area contributed by atoms with Gasteiger partial charge in [-0.25, -0.2) is 9.67 Å². The standard InChI is InChI=1S/C22H23N5O2/c28-21(24-13-17-8-10-20(11-9-17)27-16-23-15-25-27)19-7-4-12-26(14-19)22(29)18-5-2-1-3-6-18/h1-3,5-6,8-11,15-16,19H,4,7,12-14H2,(H,24,28). The predicted octanol–water partition coefficient (Wildman–Crippen LogP) is 2.44. The van der Waals surface area contributed by atoms with E-state index in [1.54, 1.807) is 15.9 Å². The molecular formula is C22H23N5O2. The van der Waals surface area contributed by atoms with Gasteiger partial charge in [0.15, 0.2) is 0 Å². The SMILES string of the molecule is O=C(NCc1ccc(-n2cncn2)cc1)C1CCCN(C(=O)c2ccccc2)C1. The van der Waals surface area contributed by atoms with Gasteiger partial charge in [0, 0.05) is 25.2 Å². The molecule has 0 radical (unpaired) electrons. The number of hydrogen-bond acceptors (Lipinski definition) is 4. The zero-order chi connectivity index (χ0) is 20.1. The molecule has 7 nitrogen and oxygen atoms in total. The van der Waals surface area contributed by atoms with Gasteiger partial charge in [-0.3, -0.25) is 9.59 Å². The fourth-order valence-electron chi connectivity index (χ4n) is 3.58. The summed E-state index contributed by atoms with van der Waals surface area (Å²) in [6, 6.07) is 17.0. The molecule has 0 saturated carbocycles. The summed E-state index contributed by atoms with van der Waals surface area (Å²) < 4.78 is 1.68. The number of hydrogen-bond donors (Lipinski definition) is 1. The molecule has 0 aliphatic carbocycles. The van der Waals surface area contributed by atoms with Gasteiger partial charge in [-0.1, -0.05) is 30.3 Å². The van der Waals surface area contributed by atoms with Gasteiger partial charge in [-0.05, 0) is 42.7 Å². The quantitative estimate of drug-likeness (QED) is 0.727. The summed E-state index contributed by atoms with van der Waals surface area (Å²) in [5, 5.41) is 7.11. The zero-order valence-corrected chi connectivity index (χ0v) is 16.1. The van der Waals surface area contributed by atoms with Crippen LogP contribution in [0.25, 0.3) is 5.69 Å². The van der Waals surface area contributed by atoms with Crippen LogP contribution in [0.5, 0.6) is 0 Å². The Labute approximate surface area is 169 Å². The second-order valence-electron chi connectivity index (χ2n) is 7.18. The van der Waals surface area contributed by atoms with Crippen LogP contribution in [0.1, 0.15) is 28.8 Å². The Balaban J connectivity index is 1.32. The molecular weight excluding hydrogens is 366 g/mol. The average Bonchev–Trinajstić information content (AvgIpc) is 3.33. The first-order valence-corrected chi connectivity index (χ1v) is 9.77. The molecule has 2 amide bonds. The Morgan fingerprint density at radius 2 is 1.86 bits per heavy atom. The van der Waals surface area contributed by atoms with E-state index in [1.807, 2.05) is 54.6 Å². The predicted molar refractivity (Wildman–Crippen MR) is 108 cm³/mol. The molecule has 3 aromatic rings. The van der Waals surface area contributed by atoms with Crippen molar-refractivity contribution < 1.29 is 9.59 Å². The molecule has 0 bridgehead atoms. The first kappa shape index (κ1) is 18.9. The number of nitrogens with one attached hydrogen (secondary N) is 1. The maximum Gasteiger partial charge on any atom is 0.253 e. The zero-order valence-electron chi connectivity index (χ0n) is 16.1. The van der Waals surface area contributed by atoms with E-state index in [0.717, 1.165) is 24.1 Å². The van der Waals surface area contributed by atoms with Gasteiger partial charge in [0.25, 0.3) is 5.91 Å². The van der Waals surface area contributed by atoms with E-state index in [1.165, 1.54) is 6.33 Å². The van der Waals surface area contributed by atoms with Crippen LogP contribution < -0.4 is 5.32 Å². The van der Waals surface area contributed by atoms with Crippen molar-refractivity contribution >= 4 is 11.8 Å². The van der Waals surface area contributed by atoms with Crippen LogP contribution in [0.3, 0.4) is 0 Å². The van der Waals surface area contributed by atoms with Gasteiger partial charge < -0.3 is 10.2 Å². The minimum atomic E-state index is -0.175. The van der Waals surface area contributed by atoms with Gasteiger partial charge in [-0.2, -0.15) is 5.10 Å². The van der Waals surface area contributed by atoms with Crippen LogP contribution in [0.2, 0.25) is 0 Å². The van der Waals surface area contributed by atoms with Gasteiger partial charge in [0.1, 0.15) is 12.7 Å². The molecule has 29 heavy (non-hydrogen) atoms. The number of piperidine rings is 1. The van der Waals surface area contributed by atoms with Crippen molar-refractivity contribution in [2.45, 2.75) is 19.4 Å². The summed E-state index contributed by atoms with van der Waals surface area (Å²) in [4.78, 5) is 31.0. The van der Waals surface area contributed by atoms with Crippen LogP contribution >= 0.6 is 0 Å². The second-order valence-corrected chi connectivity index (χ2v) is 7.18. The number of carbonyl (C=O) groups excluding carboxylic acids is 2. The first-order chi connectivity index (χ1) is 14.2. The third kappa shape index (κ3) is 4.51. The van der Waals surface area contributed by atoms with Gasteiger partial charge in [0.05, 0.1) is 11.6 Å². The average molecular weight is 389 g/mol. The van der Waals surface area contributed by atoms with Crippen LogP contribution in [-0.2, 0) is 11.3 Å². The molecule has 1 aromatic heterocycles. The summed E-state index contributed by atoms with van der Waals surface area (Å²) in [6.07, 6.45) is 4.77. The minimum Gasteiger partial charge on any atom is -0.352 e. The van der Waals surface area contributed by atoms with Crippen molar-refractivity contribution in [2.75, 3.05) is 13.1 Å². The van der Waals surface area contributed by atoms with Crippen LogP contribution in [0.4, 0.5) is 0 Å². The molecule has 1 saturated heterocycles. The van der Waals surface area contributed by atoms with Crippen molar-refractivity contribution in [3.05, 3.63) is 78.4 Å². The molecule has 2 aromatic carbocycles. The lowest BCUT2D eigenvalue weighted by molar-refractivity contribution is -0.126. The molecule has 1 atom stereocenters.